The lowest BCUT2D eigenvalue weighted by molar-refractivity contribution is 0.589. The lowest BCUT2D eigenvalue weighted by Gasteiger charge is -2.22. The first-order chi connectivity index (χ1) is 9.19. The summed E-state index contributed by atoms with van der Waals surface area (Å²) in [5, 5.41) is 2.32. The molecule has 3 aromatic rings. The van der Waals surface area contributed by atoms with E-state index in [2.05, 4.69) is 30.3 Å². The van der Waals surface area contributed by atoms with Gasteiger partial charge in [0.2, 0.25) is 0 Å². The average Bonchev–Trinajstić information content (AvgIpc) is 2.68. The van der Waals surface area contributed by atoms with Crippen LogP contribution in [-0.4, -0.2) is 0 Å². The van der Waals surface area contributed by atoms with Gasteiger partial charge in [-0.05, 0) is 27.5 Å². The van der Waals surface area contributed by atoms with E-state index in [1.165, 1.54) is 5.39 Å². The van der Waals surface area contributed by atoms with E-state index in [-0.39, 0.29) is 0 Å². The van der Waals surface area contributed by atoms with E-state index < -0.39 is 5.66 Å². The van der Waals surface area contributed by atoms with Crippen molar-refractivity contribution in [3.05, 3.63) is 71.8 Å². The molecular formula is C17H14N2. The van der Waals surface area contributed by atoms with Gasteiger partial charge >= 0.3 is 0 Å². The van der Waals surface area contributed by atoms with Crippen LogP contribution in [0.1, 0.15) is 11.1 Å². The van der Waals surface area contributed by atoms with E-state index >= 15 is 0 Å². The maximum absolute atomic E-state index is 6.44. The molecule has 0 unspecified atom stereocenters. The largest absolute Gasteiger partial charge is 0.306 e. The third-order valence-corrected chi connectivity index (χ3v) is 4.01. The van der Waals surface area contributed by atoms with Crippen LogP contribution in [0.2, 0.25) is 0 Å². The van der Waals surface area contributed by atoms with Crippen molar-refractivity contribution in [2.45, 2.75) is 5.66 Å². The number of fused-ring (bicyclic) bond motifs is 5. The number of rotatable bonds is 0. The summed E-state index contributed by atoms with van der Waals surface area (Å²) in [6.45, 7) is 0. The minimum Gasteiger partial charge on any atom is -0.306 e. The molecule has 0 amide bonds. The molecule has 2 heteroatoms. The van der Waals surface area contributed by atoms with Gasteiger partial charge in [-0.2, -0.15) is 0 Å². The third-order valence-electron chi connectivity index (χ3n) is 4.01. The van der Waals surface area contributed by atoms with Crippen LogP contribution >= 0.6 is 0 Å². The molecule has 0 heterocycles. The molecular weight excluding hydrogens is 232 g/mol. The van der Waals surface area contributed by atoms with Gasteiger partial charge in [-0.1, -0.05) is 60.7 Å². The molecule has 2 nitrogen and oxygen atoms in total. The number of hydrogen-bond donors (Lipinski definition) is 2. The zero-order valence-corrected chi connectivity index (χ0v) is 10.4. The summed E-state index contributed by atoms with van der Waals surface area (Å²) in [6.07, 6.45) is 0. The second kappa shape index (κ2) is 3.44. The summed E-state index contributed by atoms with van der Waals surface area (Å²) < 4.78 is 0. The minimum absolute atomic E-state index is 0.910. The second-order valence-electron chi connectivity index (χ2n) is 5.12. The Bertz CT molecular complexity index is 803. The average molecular weight is 246 g/mol. The molecule has 0 bridgehead atoms. The Morgan fingerprint density at radius 3 is 2.32 bits per heavy atom. The van der Waals surface area contributed by atoms with Gasteiger partial charge in [-0.25, -0.2) is 0 Å². The number of nitrogens with two attached hydrogens (primary N) is 2. The first-order valence-corrected chi connectivity index (χ1v) is 6.39. The summed E-state index contributed by atoms with van der Waals surface area (Å²) >= 11 is 0. The van der Waals surface area contributed by atoms with Crippen molar-refractivity contribution in [3.63, 3.8) is 0 Å². The molecule has 0 radical (unpaired) electrons. The van der Waals surface area contributed by atoms with Gasteiger partial charge in [-0.15, -0.1) is 0 Å². The highest BCUT2D eigenvalue weighted by atomic mass is 15.0. The molecule has 0 aromatic heterocycles. The molecule has 4 rings (SSSR count). The van der Waals surface area contributed by atoms with Crippen LogP contribution in [0.5, 0.6) is 0 Å². The molecule has 92 valence electrons. The monoisotopic (exact) mass is 246 g/mol. The molecule has 19 heavy (non-hydrogen) atoms. The van der Waals surface area contributed by atoms with Crippen molar-refractivity contribution in [2.24, 2.45) is 11.5 Å². The lowest BCUT2D eigenvalue weighted by Crippen LogP contribution is -2.45. The first-order valence-electron chi connectivity index (χ1n) is 6.39. The van der Waals surface area contributed by atoms with Gasteiger partial charge in [-0.3, -0.25) is 0 Å². The Kier molecular flexibility index (Phi) is 1.94. The van der Waals surface area contributed by atoms with Gasteiger partial charge in [0.15, 0.2) is 0 Å². The van der Waals surface area contributed by atoms with Crippen molar-refractivity contribution in [3.8, 4) is 11.1 Å². The second-order valence-corrected chi connectivity index (χ2v) is 5.12. The van der Waals surface area contributed by atoms with Crippen molar-refractivity contribution in [1.82, 2.24) is 0 Å². The van der Waals surface area contributed by atoms with Gasteiger partial charge in [0, 0.05) is 5.56 Å². The zero-order chi connectivity index (χ0) is 13.0. The van der Waals surface area contributed by atoms with Gasteiger partial charge < -0.3 is 11.5 Å². The van der Waals surface area contributed by atoms with E-state index in [0.717, 1.165) is 27.6 Å². The Balaban J connectivity index is 2.20. The Hall–Kier alpha value is -2.16. The van der Waals surface area contributed by atoms with Gasteiger partial charge in [0.05, 0.1) is 0 Å². The maximum Gasteiger partial charge on any atom is 0.118 e. The van der Waals surface area contributed by atoms with Crippen LogP contribution in [0.15, 0.2) is 60.7 Å². The SMILES string of the molecule is NC1(N)c2ccccc2-c2ccc3ccccc3c21. The van der Waals surface area contributed by atoms with Gasteiger partial charge in [0.25, 0.3) is 0 Å². The Labute approximate surface area is 111 Å². The third kappa shape index (κ3) is 1.27. The standard InChI is InChI=1S/C17H14N2/c18-17(19)15-8-4-3-7-13(15)14-10-9-11-5-1-2-6-12(11)16(14)17/h1-10H,18-19H2. The predicted molar refractivity (Wildman–Crippen MR) is 78.5 cm³/mol. The van der Waals surface area contributed by atoms with Crippen molar-refractivity contribution >= 4 is 10.8 Å². The summed E-state index contributed by atoms with van der Waals surface area (Å²) in [4.78, 5) is 0. The molecule has 3 aromatic carbocycles. The molecule has 1 aliphatic carbocycles. The van der Waals surface area contributed by atoms with E-state index in [9.17, 15) is 0 Å². The minimum atomic E-state index is -0.910. The molecule has 4 N–H and O–H groups in total. The molecule has 0 atom stereocenters. The molecule has 0 aliphatic heterocycles. The van der Waals surface area contributed by atoms with Crippen LogP contribution in [-0.2, 0) is 5.66 Å². The maximum atomic E-state index is 6.44. The fourth-order valence-electron chi connectivity index (χ4n) is 3.16. The Morgan fingerprint density at radius 2 is 1.42 bits per heavy atom. The van der Waals surface area contributed by atoms with Crippen LogP contribution in [0.3, 0.4) is 0 Å². The molecule has 0 fully saturated rings. The van der Waals surface area contributed by atoms with Crippen molar-refractivity contribution < 1.29 is 0 Å². The Morgan fingerprint density at radius 1 is 0.684 bits per heavy atom. The summed E-state index contributed by atoms with van der Waals surface area (Å²) in [7, 11) is 0. The predicted octanol–water partition coefficient (Wildman–Crippen LogP) is 2.94. The fourth-order valence-corrected chi connectivity index (χ4v) is 3.16. The molecule has 0 saturated heterocycles. The zero-order valence-electron chi connectivity index (χ0n) is 10.4. The number of hydrogen-bond acceptors (Lipinski definition) is 2. The summed E-state index contributed by atoms with van der Waals surface area (Å²) in [6, 6.07) is 20.6. The fraction of sp³-hybridized carbons (Fsp3) is 0.0588. The van der Waals surface area contributed by atoms with E-state index in [1.807, 2.05) is 30.3 Å². The van der Waals surface area contributed by atoms with Crippen LogP contribution < -0.4 is 11.5 Å². The van der Waals surface area contributed by atoms with E-state index in [0.29, 0.717) is 0 Å². The highest BCUT2D eigenvalue weighted by Crippen LogP contribution is 2.46. The topological polar surface area (TPSA) is 52.0 Å². The van der Waals surface area contributed by atoms with Gasteiger partial charge in [0.1, 0.15) is 5.66 Å². The smallest absolute Gasteiger partial charge is 0.118 e. The van der Waals surface area contributed by atoms with Crippen LogP contribution in [0.4, 0.5) is 0 Å². The van der Waals surface area contributed by atoms with E-state index in [4.69, 9.17) is 11.5 Å². The number of benzene rings is 3. The molecule has 0 saturated carbocycles. The normalized spacial score (nSPS) is 15.3. The highest BCUT2D eigenvalue weighted by Gasteiger charge is 2.37. The lowest BCUT2D eigenvalue weighted by atomic mass is 9.94. The molecule has 0 spiro atoms. The summed E-state index contributed by atoms with van der Waals surface area (Å²) in [5.74, 6) is 0. The molecule has 1 aliphatic rings. The van der Waals surface area contributed by atoms with Crippen LogP contribution in [0.25, 0.3) is 21.9 Å². The highest BCUT2D eigenvalue weighted by molar-refractivity contribution is 5.97. The quantitative estimate of drug-likeness (QED) is 0.599. The van der Waals surface area contributed by atoms with Crippen molar-refractivity contribution in [1.29, 1.82) is 0 Å². The first kappa shape index (κ1) is 10.7. The summed E-state index contributed by atoms with van der Waals surface area (Å²) in [5.41, 5.74) is 16.3. The van der Waals surface area contributed by atoms with Crippen LogP contribution in [0, 0.1) is 0 Å². The van der Waals surface area contributed by atoms with Crippen molar-refractivity contribution in [2.75, 3.05) is 0 Å². The van der Waals surface area contributed by atoms with E-state index in [1.54, 1.807) is 0 Å².